The number of aryl methyl sites for hydroxylation is 2. The molecule has 712 valence electrons. The number of hydrogen-bond donors (Lipinski definition) is 8. The van der Waals surface area contributed by atoms with E-state index in [1.807, 2.05) is 108 Å². The summed E-state index contributed by atoms with van der Waals surface area (Å²) in [6.45, 7) is 11.4. The molecule has 2 aromatic heterocycles. The molecule has 2 aliphatic carbocycles. The monoisotopic (exact) mass is 1860 g/mol. The number of benzene rings is 10. The van der Waals surface area contributed by atoms with Crippen LogP contribution in [0.2, 0.25) is 0 Å². The van der Waals surface area contributed by atoms with Crippen LogP contribution in [0.4, 0.5) is 34.1 Å². The summed E-state index contributed by atoms with van der Waals surface area (Å²) in [4.78, 5) is 139. The van der Waals surface area contributed by atoms with E-state index in [9.17, 15) is 47.9 Å². The van der Waals surface area contributed by atoms with Crippen molar-refractivity contribution in [3.63, 3.8) is 0 Å². The maximum absolute atomic E-state index is 14.0. The summed E-state index contributed by atoms with van der Waals surface area (Å²) in [5.41, 5.74) is 35.6. The summed E-state index contributed by atoms with van der Waals surface area (Å²) in [5.74, 6) is 0.459. The van der Waals surface area contributed by atoms with Crippen molar-refractivity contribution in [1.82, 2.24) is 30.4 Å². The highest BCUT2D eigenvalue weighted by atomic mass is 16.6. The molecule has 18 rings (SSSR count). The first-order chi connectivity index (χ1) is 66.9. The molecular weight excluding hydrogens is 1740 g/mol. The number of anilines is 6. The van der Waals surface area contributed by atoms with E-state index in [2.05, 4.69) is 59.4 Å². The van der Waals surface area contributed by atoms with Crippen molar-refractivity contribution < 1.29 is 66.9 Å². The number of aromatic nitrogens is 2. The minimum absolute atomic E-state index is 0.0261. The number of Topliss-reactive ketones (excluding diaryl/α,β-unsaturated/α-hetero) is 2. The summed E-state index contributed by atoms with van der Waals surface area (Å²) < 4.78 is 28.5. The Balaban J connectivity index is 0.000000191. The fourth-order valence-corrected chi connectivity index (χ4v) is 20.9. The second kappa shape index (κ2) is 41.8. The first-order valence-electron chi connectivity index (χ1n) is 48.8. The van der Waals surface area contributed by atoms with Crippen LogP contribution in [0, 0.1) is 23.7 Å². The van der Waals surface area contributed by atoms with Gasteiger partial charge in [-0.15, -0.1) is 0 Å². The van der Waals surface area contributed by atoms with Crippen LogP contribution >= 0.6 is 0 Å². The second-order valence-corrected chi connectivity index (χ2v) is 37.2. The van der Waals surface area contributed by atoms with Gasteiger partial charge in [0.05, 0.1) is 22.5 Å². The molecule has 12 N–H and O–H groups in total. The van der Waals surface area contributed by atoms with Gasteiger partial charge < -0.3 is 82.1 Å². The highest BCUT2D eigenvalue weighted by Gasteiger charge is 2.56. The molecule has 0 unspecified atom stereocenters. The number of nitrogens with one attached hydrogen (secondary N) is 4. The Morgan fingerprint density at radius 1 is 0.370 bits per heavy atom. The predicted molar refractivity (Wildman–Crippen MR) is 535 cm³/mol. The van der Waals surface area contributed by atoms with E-state index in [0.29, 0.717) is 165 Å². The number of nitrogens with zero attached hydrogens (tertiary/aromatic N) is 4. The van der Waals surface area contributed by atoms with Gasteiger partial charge in [-0.3, -0.25) is 38.4 Å². The molecule has 12 aromatic rings. The molecule has 138 heavy (non-hydrogen) atoms. The van der Waals surface area contributed by atoms with Crippen LogP contribution in [-0.2, 0) is 65.8 Å². The molecule has 26 nitrogen and oxygen atoms in total. The zero-order valence-electron chi connectivity index (χ0n) is 78.7. The Labute approximate surface area is 803 Å². The molecule has 4 aliphatic heterocycles. The van der Waals surface area contributed by atoms with E-state index >= 15 is 0 Å². The SMILES string of the molecule is CCc1cccc(N(CC)C(=O)Cn2c(C(=O)CC3CCC(C(=O)NCCCCCCNC(=O)c4ccc5c(c4)C(=O)OC54c5ccc(N)cc5Oc5cc(N)ccc54)CC3)cc3ccccc32)c1.CCc1cccc(N(CC)C(=O)Cn2c(C(=O)CC3CCC(C(=O)NCCCCCCNC(=O)c4ccc5c(c4)C4(OC5=O)c5ccc(N)cc5Oc5cc(N)ccc54)CC3)cc3ccccc32)c1. The van der Waals surface area contributed by atoms with Crippen molar-refractivity contribution in [3.8, 4) is 23.0 Å². The lowest BCUT2D eigenvalue weighted by atomic mass is 9.77. The fourth-order valence-electron chi connectivity index (χ4n) is 20.9. The van der Waals surface area contributed by atoms with Gasteiger partial charge in [0, 0.05) is 189 Å². The molecule has 6 aliphatic rings. The Bertz CT molecular complexity index is 6590. The number of likely N-dealkylation sites (N-methyl/N-ethyl adjacent to an activating group) is 2. The van der Waals surface area contributed by atoms with Crippen molar-refractivity contribution >= 4 is 115 Å². The van der Waals surface area contributed by atoms with Crippen LogP contribution in [0.5, 0.6) is 23.0 Å². The number of unbranched alkanes of at least 4 members (excludes halogenated alkanes) is 6. The summed E-state index contributed by atoms with van der Waals surface area (Å²) in [7, 11) is 0. The largest absolute Gasteiger partial charge is 0.456 e. The second-order valence-electron chi connectivity index (χ2n) is 37.2. The van der Waals surface area contributed by atoms with Crippen molar-refractivity contribution in [2.75, 3.05) is 72.0 Å². The Kier molecular flexibility index (Phi) is 28.8. The number of fused-ring (bicyclic) bond motifs is 14. The number of ketones is 2. The van der Waals surface area contributed by atoms with Gasteiger partial charge in [0.1, 0.15) is 36.1 Å². The average Bonchev–Trinajstić information content (AvgIpc) is 1.51. The molecule has 10 aromatic carbocycles. The Morgan fingerprint density at radius 2 is 0.739 bits per heavy atom. The molecule has 0 radical (unpaired) electrons. The standard InChI is InChI=1S/2C56H60N6O7/c1-3-35-12-11-14-42(28-35)61(4-2)52(64)34-62-47-15-8-7-13-38(47)31-48(62)49(63)29-36-16-18-37(19-17-36)53(65)59-26-9-5-6-10-27-60-54(66)39-20-23-44-43(30-39)55(67)69-56(44)45-24-21-40(57)32-50(45)68-51-33-41(58)22-25-46(51)56;1-3-35-12-11-14-42(28-35)61(4-2)52(64)34-62-47-15-8-7-13-38(47)31-48(62)49(63)29-36-16-18-37(19-17-36)53(65)59-26-9-5-6-10-27-60-54(66)39-20-23-43-46(30-39)56(69-55(43)67)44-24-21-40(57)32-50(44)68-51-33-41(58)22-25-45(51)56/h2*7-8,11-15,20-25,28,30-33,36-37H,3-6,9-10,16-19,26-27,29,34,57-58H2,1-2H3,(H,59,65)(H,60,66). The van der Waals surface area contributed by atoms with Crippen LogP contribution in [0.1, 0.15) is 250 Å². The van der Waals surface area contributed by atoms with Crippen LogP contribution < -0.4 is 63.5 Å². The summed E-state index contributed by atoms with van der Waals surface area (Å²) in [6, 6.07) is 66.5. The number of amides is 6. The van der Waals surface area contributed by atoms with E-state index in [1.54, 1.807) is 119 Å². The van der Waals surface area contributed by atoms with Crippen molar-refractivity contribution in [1.29, 1.82) is 0 Å². The highest BCUT2D eigenvalue weighted by molar-refractivity contribution is 6.06. The first kappa shape index (κ1) is 94.9. The maximum Gasteiger partial charge on any atom is 0.340 e. The summed E-state index contributed by atoms with van der Waals surface area (Å²) in [5, 5.41) is 14.1. The molecule has 2 spiro atoms. The van der Waals surface area contributed by atoms with E-state index in [0.717, 1.165) is 160 Å². The number of nitrogen functional groups attached to an aromatic ring is 4. The lowest BCUT2D eigenvalue weighted by molar-refractivity contribution is -0.127. The molecule has 0 saturated heterocycles. The third-order valence-electron chi connectivity index (χ3n) is 28.3. The lowest BCUT2D eigenvalue weighted by Crippen LogP contribution is -2.35. The normalized spacial score (nSPS) is 16.5. The van der Waals surface area contributed by atoms with Crippen LogP contribution in [0.25, 0.3) is 21.8 Å². The van der Waals surface area contributed by atoms with Gasteiger partial charge in [-0.05, 0) is 254 Å². The third kappa shape index (κ3) is 19.8. The van der Waals surface area contributed by atoms with Gasteiger partial charge in [-0.1, -0.05) is 106 Å². The van der Waals surface area contributed by atoms with Gasteiger partial charge >= 0.3 is 11.9 Å². The number of carbonyl (C=O) groups is 10. The molecule has 6 heterocycles. The quantitative estimate of drug-likeness (QED) is 0.00803. The molecule has 26 heteroatoms. The predicted octanol–water partition coefficient (Wildman–Crippen LogP) is 18.9. The molecular formula is C112H120N12O14. The molecule has 2 saturated carbocycles. The zero-order chi connectivity index (χ0) is 96.5. The van der Waals surface area contributed by atoms with E-state index in [1.165, 1.54) is 0 Å². The first-order valence-corrected chi connectivity index (χ1v) is 48.8. The fraction of sp³-hybridized carbons (Fsp3) is 0.339. The number of para-hydroxylation sites is 2. The molecule has 0 atom stereocenters. The third-order valence-corrected chi connectivity index (χ3v) is 28.3. The topological polar surface area (TPSA) is 376 Å². The van der Waals surface area contributed by atoms with Gasteiger partial charge in [-0.2, -0.15) is 0 Å². The minimum Gasteiger partial charge on any atom is -0.456 e. The smallest absolute Gasteiger partial charge is 0.340 e. The maximum atomic E-state index is 14.0. The number of rotatable bonds is 34. The van der Waals surface area contributed by atoms with Crippen LogP contribution in [0.15, 0.2) is 218 Å². The average molecular weight is 1860 g/mol. The number of carbonyl (C=O) groups excluding carboxylic acids is 10. The van der Waals surface area contributed by atoms with Gasteiger partial charge in [0.2, 0.25) is 23.6 Å². The molecule has 2 fully saturated rings. The summed E-state index contributed by atoms with van der Waals surface area (Å²) in [6.07, 6.45) is 15.4. The van der Waals surface area contributed by atoms with Crippen LogP contribution in [0.3, 0.4) is 0 Å². The van der Waals surface area contributed by atoms with E-state index < -0.39 is 23.1 Å². The van der Waals surface area contributed by atoms with Gasteiger partial charge in [0.15, 0.2) is 22.8 Å². The molecule has 0 bridgehead atoms. The number of hydrogen-bond acceptors (Lipinski definition) is 18. The highest BCUT2D eigenvalue weighted by Crippen LogP contribution is 2.59. The van der Waals surface area contributed by atoms with Crippen molar-refractivity contribution in [3.05, 3.63) is 297 Å². The Morgan fingerprint density at radius 3 is 1.14 bits per heavy atom. The van der Waals surface area contributed by atoms with Gasteiger partial charge in [0.25, 0.3) is 11.8 Å². The van der Waals surface area contributed by atoms with E-state index in [-0.39, 0.29) is 83.8 Å². The Hall–Kier alpha value is -14.8. The molecule has 6 amide bonds. The minimum atomic E-state index is -1.35. The van der Waals surface area contributed by atoms with Gasteiger partial charge in [-0.25, -0.2) is 9.59 Å². The van der Waals surface area contributed by atoms with Crippen molar-refractivity contribution in [2.45, 2.75) is 180 Å². The van der Waals surface area contributed by atoms with Crippen LogP contribution in [-0.4, -0.2) is 107 Å². The summed E-state index contributed by atoms with van der Waals surface area (Å²) >= 11 is 0. The van der Waals surface area contributed by atoms with Crippen molar-refractivity contribution in [2.24, 2.45) is 23.7 Å². The number of esters is 2. The number of ether oxygens (including phenoxy) is 4. The lowest BCUT2D eigenvalue weighted by Gasteiger charge is -2.36. The van der Waals surface area contributed by atoms with E-state index in [4.69, 9.17) is 41.9 Å². The zero-order valence-corrected chi connectivity index (χ0v) is 78.7. The number of nitrogens with two attached hydrogens (primary N) is 4.